The van der Waals surface area contributed by atoms with E-state index < -0.39 is 0 Å². The molecule has 0 bridgehead atoms. The first-order chi connectivity index (χ1) is 9.65. The van der Waals surface area contributed by atoms with Gasteiger partial charge in [-0.15, -0.1) is 0 Å². The summed E-state index contributed by atoms with van der Waals surface area (Å²) in [4.78, 5) is 13.5. The van der Waals surface area contributed by atoms with Crippen LogP contribution in [0.5, 0.6) is 5.75 Å². The molecule has 1 aromatic carbocycles. The van der Waals surface area contributed by atoms with Crippen molar-refractivity contribution >= 4 is 5.91 Å². The molecular weight excluding hydrogens is 254 g/mol. The number of carbonyl (C=O) groups is 1. The van der Waals surface area contributed by atoms with E-state index in [2.05, 4.69) is 5.32 Å². The van der Waals surface area contributed by atoms with Crippen LogP contribution in [0.2, 0.25) is 0 Å². The molecule has 0 heterocycles. The predicted molar refractivity (Wildman–Crippen MR) is 80.6 cm³/mol. The third kappa shape index (κ3) is 6.54. The Morgan fingerprint density at radius 1 is 1.45 bits per heavy atom. The maximum atomic E-state index is 11.5. The second-order valence-electron chi connectivity index (χ2n) is 4.79. The van der Waals surface area contributed by atoms with Crippen LogP contribution in [-0.2, 0) is 11.3 Å². The molecule has 1 aromatic rings. The fourth-order valence-corrected chi connectivity index (χ4v) is 1.73. The van der Waals surface area contributed by atoms with Gasteiger partial charge in [0.25, 0.3) is 0 Å². The Balaban J connectivity index is 2.24. The van der Waals surface area contributed by atoms with Gasteiger partial charge < -0.3 is 15.8 Å². The lowest BCUT2D eigenvalue weighted by Gasteiger charge is -2.16. The largest absolute Gasteiger partial charge is 0.492 e. The van der Waals surface area contributed by atoms with E-state index in [0.29, 0.717) is 26.2 Å². The molecule has 0 aromatic heterocycles. The van der Waals surface area contributed by atoms with Gasteiger partial charge in [0.1, 0.15) is 12.4 Å². The maximum absolute atomic E-state index is 11.5. The quantitative estimate of drug-likeness (QED) is 0.707. The van der Waals surface area contributed by atoms with Gasteiger partial charge in [-0.2, -0.15) is 0 Å². The molecule has 0 unspecified atom stereocenters. The van der Waals surface area contributed by atoms with Crippen molar-refractivity contribution in [2.45, 2.75) is 19.9 Å². The summed E-state index contributed by atoms with van der Waals surface area (Å²) in [6.07, 6.45) is 0.954. The van der Waals surface area contributed by atoms with Crippen LogP contribution in [0.4, 0.5) is 0 Å². The summed E-state index contributed by atoms with van der Waals surface area (Å²) < 4.78 is 5.65. The Kier molecular flexibility index (Phi) is 7.69. The zero-order valence-corrected chi connectivity index (χ0v) is 12.4. The summed E-state index contributed by atoms with van der Waals surface area (Å²) in [6.45, 7) is 4.92. The number of likely N-dealkylation sites (N-methyl/N-ethyl adjacent to an activating group) is 1. The van der Waals surface area contributed by atoms with E-state index in [1.165, 1.54) is 0 Å². The van der Waals surface area contributed by atoms with Crippen LogP contribution in [0.25, 0.3) is 0 Å². The van der Waals surface area contributed by atoms with E-state index in [9.17, 15) is 4.79 Å². The summed E-state index contributed by atoms with van der Waals surface area (Å²) in [7, 11) is 1.91. The molecule has 3 N–H and O–H groups in total. The third-order valence-corrected chi connectivity index (χ3v) is 2.86. The first-order valence-corrected chi connectivity index (χ1v) is 7.02. The first kappa shape index (κ1) is 16.5. The van der Waals surface area contributed by atoms with Gasteiger partial charge in [0.15, 0.2) is 0 Å². The van der Waals surface area contributed by atoms with Crippen molar-refractivity contribution in [2.75, 3.05) is 33.3 Å². The number of nitrogens with one attached hydrogen (secondary N) is 1. The Labute approximate surface area is 121 Å². The van der Waals surface area contributed by atoms with Gasteiger partial charge in [-0.05, 0) is 31.2 Å². The van der Waals surface area contributed by atoms with Crippen molar-refractivity contribution in [3.8, 4) is 5.75 Å². The highest BCUT2D eigenvalue weighted by molar-refractivity contribution is 5.77. The number of ether oxygens (including phenoxy) is 1. The molecule has 20 heavy (non-hydrogen) atoms. The van der Waals surface area contributed by atoms with Crippen LogP contribution in [0.15, 0.2) is 24.3 Å². The summed E-state index contributed by atoms with van der Waals surface area (Å²) in [5.41, 5.74) is 6.63. The maximum Gasteiger partial charge on any atom is 0.234 e. The number of amides is 1. The molecule has 0 fully saturated rings. The van der Waals surface area contributed by atoms with Crippen molar-refractivity contribution in [3.63, 3.8) is 0 Å². The lowest BCUT2D eigenvalue weighted by atomic mass is 10.2. The minimum atomic E-state index is 0.0551. The summed E-state index contributed by atoms with van der Waals surface area (Å²) >= 11 is 0. The number of hydrogen-bond donors (Lipinski definition) is 2. The van der Waals surface area contributed by atoms with Gasteiger partial charge in [-0.25, -0.2) is 0 Å². The normalized spacial score (nSPS) is 10.6. The molecular formula is C15H25N3O2. The van der Waals surface area contributed by atoms with Gasteiger partial charge in [-0.3, -0.25) is 9.69 Å². The van der Waals surface area contributed by atoms with E-state index in [-0.39, 0.29) is 5.91 Å². The SMILES string of the molecule is CCCNC(=O)CN(C)CCOc1cccc(CN)c1. The number of nitrogens with zero attached hydrogens (tertiary/aromatic N) is 1. The predicted octanol–water partition coefficient (Wildman–Crippen LogP) is 0.982. The van der Waals surface area contributed by atoms with Crippen molar-refractivity contribution < 1.29 is 9.53 Å². The van der Waals surface area contributed by atoms with Gasteiger partial charge in [-0.1, -0.05) is 19.1 Å². The van der Waals surface area contributed by atoms with Crippen LogP contribution < -0.4 is 15.8 Å². The average molecular weight is 279 g/mol. The van der Waals surface area contributed by atoms with Gasteiger partial charge in [0.05, 0.1) is 6.54 Å². The Morgan fingerprint density at radius 2 is 2.25 bits per heavy atom. The van der Waals surface area contributed by atoms with Gasteiger partial charge in [0, 0.05) is 19.6 Å². The number of hydrogen-bond acceptors (Lipinski definition) is 4. The van der Waals surface area contributed by atoms with Crippen molar-refractivity contribution in [1.82, 2.24) is 10.2 Å². The topological polar surface area (TPSA) is 67.6 Å². The molecule has 1 amide bonds. The minimum Gasteiger partial charge on any atom is -0.492 e. The lowest BCUT2D eigenvalue weighted by Crippen LogP contribution is -2.37. The number of nitrogens with two attached hydrogens (primary N) is 1. The highest BCUT2D eigenvalue weighted by Crippen LogP contribution is 2.12. The Morgan fingerprint density at radius 3 is 2.95 bits per heavy atom. The zero-order chi connectivity index (χ0) is 14.8. The number of rotatable bonds is 9. The van der Waals surface area contributed by atoms with Gasteiger partial charge >= 0.3 is 0 Å². The molecule has 0 aliphatic rings. The molecule has 1 rings (SSSR count). The Bertz CT molecular complexity index is 410. The minimum absolute atomic E-state index is 0.0551. The van der Waals surface area contributed by atoms with E-state index in [4.69, 9.17) is 10.5 Å². The fourth-order valence-electron chi connectivity index (χ4n) is 1.73. The standard InChI is InChI=1S/C15H25N3O2/c1-3-7-17-15(19)12-18(2)8-9-20-14-6-4-5-13(10-14)11-16/h4-6,10H,3,7-9,11-12,16H2,1-2H3,(H,17,19). The van der Waals surface area contributed by atoms with Gasteiger partial charge in [0.2, 0.25) is 5.91 Å². The van der Waals surface area contributed by atoms with Crippen LogP contribution in [0.3, 0.4) is 0 Å². The van der Waals surface area contributed by atoms with Crippen LogP contribution >= 0.6 is 0 Å². The smallest absolute Gasteiger partial charge is 0.234 e. The molecule has 5 heteroatoms. The molecule has 0 radical (unpaired) electrons. The lowest BCUT2D eigenvalue weighted by molar-refractivity contribution is -0.122. The summed E-state index contributed by atoms with van der Waals surface area (Å²) in [5, 5.41) is 2.85. The number of benzene rings is 1. The molecule has 5 nitrogen and oxygen atoms in total. The third-order valence-electron chi connectivity index (χ3n) is 2.86. The highest BCUT2D eigenvalue weighted by Gasteiger charge is 2.05. The number of carbonyl (C=O) groups excluding carboxylic acids is 1. The highest BCUT2D eigenvalue weighted by atomic mass is 16.5. The van der Waals surface area contributed by atoms with E-state index in [1.54, 1.807) is 0 Å². The van der Waals surface area contributed by atoms with Crippen LogP contribution in [-0.4, -0.2) is 44.1 Å². The monoisotopic (exact) mass is 279 g/mol. The summed E-state index contributed by atoms with van der Waals surface area (Å²) in [5.74, 6) is 0.872. The van der Waals surface area contributed by atoms with Crippen molar-refractivity contribution in [3.05, 3.63) is 29.8 Å². The van der Waals surface area contributed by atoms with Crippen molar-refractivity contribution in [2.24, 2.45) is 5.73 Å². The van der Waals surface area contributed by atoms with E-state index >= 15 is 0 Å². The first-order valence-electron chi connectivity index (χ1n) is 7.02. The summed E-state index contributed by atoms with van der Waals surface area (Å²) in [6, 6.07) is 7.75. The van der Waals surface area contributed by atoms with Crippen LogP contribution in [0, 0.1) is 0 Å². The fraction of sp³-hybridized carbons (Fsp3) is 0.533. The molecule has 0 aliphatic carbocycles. The molecule has 0 saturated carbocycles. The zero-order valence-electron chi connectivity index (χ0n) is 12.4. The second kappa shape index (κ2) is 9.34. The molecule has 0 aliphatic heterocycles. The average Bonchev–Trinajstić information content (AvgIpc) is 2.45. The molecule has 112 valence electrons. The van der Waals surface area contributed by atoms with E-state index in [1.807, 2.05) is 43.1 Å². The van der Waals surface area contributed by atoms with E-state index in [0.717, 1.165) is 24.3 Å². The Hall–Kier alpha value is -1.59. The molecule has 0 atom stereocenters. The molecule has 0 saturated heterocycles. The molecule has 0 spiro atoms. The second-order valence-corrected chi connectivity index (χ2v) is 4.79. The van der Waals surface area contributed by atoms with Crippen molar-refractivity contribution in [1.29, 1.82) is 0 Å². The van der Waals surface area contributed by atoms with Crippen LogP contribution in [0.1, 0.15) is 18.9 Å².